The van der Waals surface area contributed by atoms with E-state index >= 15 is 0 Å². The highest BCUT2D eigenvalue weighted by Crippen LogP contribution is 2.33. The smallest absolute Gasteiger partial charge is 0.307 e. The molecular weight excluding hydrogens is 418 g/mol. The zero-order valence-corrected chi connectivity index (χ0v) is 18.7. The van der Waals surface area contributed by atoms with Crippen LogP contribution in [-0.4, -0.2) is 17.4 Å². The number of hydrogen-bond acceptors (Lipinski definition) is 4. The molecule has 3 rings (SSSR count). The zero-order chi connectivity index (χ0) is 22.8. The molecule has 3 nitrogen and oxygen atoms in total. The Bertz CT molecular complexity index is 1090. The van der Waals surface area contributed by atoms with Crippen molar-refractivity contribution in [3.8, 4) is 10.4 Å². The molecule has 31 heavy (non-hydrogen) atoms. The first-order valence-corrected chi connectivity index (χ1v) is 10.8. The van der Waals surface area contributed by atoms with Crippen molar-refractivity contribution in [2.24, 2.45) is 0 Å². The molecule has 0 saturated heterocycles. The van der Waals surface area contributed by atoms with E-state index in [0.29, 0.717) is 5.56 Å². The van der Waals surface area contributed by atoms with E-state index in [9.17, 15) is 18.4 Å². The molecule has 2 aromatic carbocycles. The van der Waals surface area contributed by atoms with Gasteiger partial charge < -0.3 is 4.74 Å². The molecule has 0 radical (unpaired) electrons. The Kier molecular flexibility index (Phi) is 6.70. The van der Waals surface area contributed by atoms with Gasteiger partial charge in [-0.2, -0.15) is 0 Å². The van der Waals surface area contributed by atoms with Gasteiger partial charge in [-0.25, -0.2) is 8.78 Å². The third-order valence-corrected chi connectivity index (χ3v) is 5.72. The second-order valence-electron chi connectivity index (χ2n) is 8.42. The summed E-state index contributed by atoms with van der Waals surface area (Å²) >= 11 is 1.56. The van der Waals surface area contributed by atoms with Crippen molar-refractivity contribution in [3.05, 3.63) is 82.2 Å². The summed E-state index contributed by atoms with van der Waals surface area (Å²) in [5.41, 5.74) is 1.09. The summed E-state index contributed by atoms with van der Waals surface area (Å²) in [6.07, 6.45) is -0.323. The second kappa shape index (κ2) is 9.10. The minimum atomic E-state index is -1.08. The van der Waals surface area contributed by atoms with Crippen LogP contribution in [0.4, 0.5) is 8.78 Å². The Morgan fingerprint density at radius 3 is 2.26 bits per heavy atom. The molecule has 3 aromatic rings. The number of aryl methyl sites for hydroxylation is 1. The van der Waals surface area contributed by atoms with Crippen molar-refractivity contribution in [2.45, 2.75) is 45.6 Å². The number of thiophene rings is 1. The van der Waals surface area contributed by atoms with E-state index in [1.165, 1.54) is 6.07 Å². The van der Waals surface area contributed by atoms with Gasteiger partial charge in [0.25, 0.3) is 0 Å². The van der Waals surface area contributed by atoms with Gasteiger partial charge in [0, 0.05) is 4.88 Å². The Balaban J connectivity index is 2.04. The van der Waals surface area contributed by atoms with E-state index in [1.807, 2.05) is 24.4 Å². The van der Waals surface area contributed by atoms with Crippen LogP contribution in [0.2, 0.25) is 0 Å². The number of Topliss-reactive ketones (excluding diaryl/α,β-unsaturated/α-hetero) is 1. The van der Waals surface area contributed by atoms with Crippen LogP contribution < -0.4 is 0 Å². The molecule has 0 saturated carbocycles. The first-order chi connectivity index (χ1) is 14.5. The van der Waals surface area contributed by atoms with Gasteiger partial charge >= 0.3 is 5.97 Å². The van der Waals surface area contributed by atoms with Crippen LogP contribution in [0.1, 0.15) is 54.6 Å². The first kappa shape index (κ1) is 22.8. The molecule has 0 aliphatic heterocycles. The minimum Gasteiger partial charge on any atom is -0.460 e. The van der Waals surface area contributed by atoms with Crippen molar-refractivity contribution in [1.82, 2.24) is 0 Å². The SMILES string of the molecule is Cc1csc(-c2cccc(C(CC(=O)OC(C)(C)C)C(=O)c3c(F)cccc3F)c2)c1. The van der Waals surface area contributed by atoms with Crippen LogP contribution in [0.15, 0.2) is 53.9 Å². The lowest BCUT2D eigenvalue weighted by atomic mass is 9.86. The Morgan fingerprint density at radius 2 is 1.68 bits per heavy atom. The number of hydrogen-bond donors (Lipinski definition) is 0. The summed E-state index contributed by atoms with van der Waals surface area (Å²) in [7, 11) is 0. The predicted octanol–water partition coefficient (Wildman–Crippen LogP) is 6.70. The van der Waals surface area contributed by atoms with Crippen molar-refractivity contribution in [2.75, 3.05) is 0 Å². The summed E-state index contributed by atoms with van der Waals surface area (Å²) < 4.78 is 34.1. The van der Waals surface area contributed by atoms with Gasteiger partial charge in [0.2, 0.25) is 0 Å². The number of carbonyl (C=O) groups excluding carboxylic acids is 2. The van der Waals surface area contributed by atoms with Crippen molar-refractivity contribution in [1.29, 1.82) is 0 Å². The largest absolute Gasteiger partial charge is 0.460 e. The number of carbonyl (C=O) groups is 2. The van der Waals surface area contributed by atoms with E-state index in [1.54, 1.807) is 50.3 Å². The maximum atomic E-state index is 14.4. The van der Waals surface area contributed by atoms with E-state index in [2.05, 4.69) is 0 Å². The average molecular weight is 443 g/mol. The Hall–Kier alpha value is -2.86. The molecule has 1 atom stereocenters. The third-order valence-electron chi connectivity index (χ3n) is 4.62. The van der Waals surface area contributed by atoms with Crippen molar-refractivity contribution < 1.29 is 23.1 Å². The quantitative estimate of drug-likeness (QED) is 0.315. The highest BCUT2D eigenvalue weighted by atomic mass is 32.1. The molecule has 0 N–H and O–H groups in total. The predicted molar refractivity (Wildman–Crippen MR) is 118 cm³/mol. The Morgan fingerprint density at radius 1 is 1.03 bits per heavy atom. The molecule has 1 aromatic heterocycles. The fraction of sp³-hybridized carbons (Fsp3) is 0.280. The molecule has 0 aliphatic carbocycles. The van der Waals surface area contributed by atoms with Gasteiger partial charge in [0.05, 0.1) is 17.9 Å². The third kappa shape index (κ3) is 5.64. The fourth-order valence-corrected chi connectivity index (χ4v) is 4.21. The minimum absolute atomic E-state index is 0.323. The number of ketones is 1. The van der Waals surface area contributed by atoms with Gasteiger partial charge in [-0.3, -0.25) is 9.59 Å². The molecule has 0 fully saturated rings. The number of halogens is 2. The van der Waals surface area contributed by atoms with Crippen LogP contribution in [0, 0.1) is 18.6 Å². The van der Waals surface area contributed by atoms with E-state index < -0.39 is 40.5 Å². The second-order valence-corrected chi connectivity index (χ2v) is 9.33. The normalized spacial score (nSPS) is 12.5. The van der Waals surface area contributed by atoms with E-state index in [-0.39, 0.29) is 6.42 Å². The lowest BCUT2D eigenvalue weighted by Gasteiger charge is -2.22. The van der Waals surface area contributed by atoms with Gasteiger partial charge in [-0.15, -0.1) is 11.3 Å². The monoisotopic (exact) mass is 442 g/mol. The number of ether oxygens (including phenoxy) is 1. The van der Waals surface area contributed by atoms with Crippen molar-refractivity contribution in [3.63, 3.8) is 0 Å². The molecule has 0 bridgehead atoms. The number of rotatable bonds is 6. The van der Waals surface area contributed by atoms with Crippen LogP contribution in [-0.2, 0) is 9.53 Å². The summed E-state index contributed by atoms with van der Waals surface area (Å²) in [4.78, 5) is 26.8. The summed E-state index contributed by atoms with van der Waals surface area (Å²) in [5.74, 6) is -4.39. The van der Waals surface area contributed by atoms with Crippen LogP contribution in [0.3, 0.4) is 0 Å². The van der Waals surface area contributed by atoms with Gasteiger partial charge in [0.1, 0.15) is 17.2 Å². The van der Waals surface area contributed by atoms with E-state index in [0.717, 1.165) is 28.1 Å². The lowest BCUT2D eigenvalue weighted by molar-refractivity contribution is -0.155. The molecule has 1 unspecified atom stereocenters. The maximum Gasteiger partial charge on any atom is 0.307 e. The van der Waals surface area contributed by atoms with Crippen LogP contribution >= 0.6 is 11.3 Å². The molecule has 0 aliphatic rings. The molecule has 162 valence electrons. The summed E-state index contributed by atoms with van der Waals surface area (Å²) in [6.45, 7) is 7.15. The van der Waals surface area contributed by atoms with Gasteiger partial charge in [-0.1, -0.05) is 24.3 Å². The van der Waals surface area contributed by atoms with Crippen LogP contribution in [0.25, 0.3) is 10.4 Å². The van der Waals surface area contributed by atoms with Crippen LogP contribution in [0.5, 0.6) is 0 Å². The Labute approximate surface area is 184 Å². The molecule has 0 spiro atoms. The number of esters is 1. The van der Waals surface area contributed by atoms with Gasteiger partial charge in [0.15, 0.2) is 5.78 Å². The fourth-order valence-electron chi connectivity index (χ4n) is 3.31. The molecule has 0 amide bonds. The topological polar surface area (TPSA) is 43.4 Å². The van der Waals surface area contributed by atoms with E-state index in [4.69, 9.17) is 4.74 Å². The average Bonchev–Trinajstić information content (AvgIpc) is 3.11. The number of benzene rings is 2. The lowest BCUT2D eigenvalue weighted by Crippen LogP contribution is -2.27. The summed E-state index contributed by atoms with van der Waals surface area (Å²) in [5, 5.41) is 2.01. The highest BCUT2D eigenvalue weighted by molar-refractivity contribution is 7.13. The first-order valence-electron chi connectivity index (χ1n) is 9.90. The summed E-state index contributed by atoms with van der Waals surface area (Å²) in [6, 6.07) is 12.4. The zero-order valence-electron chi connectivity index (χ0n) is 17.9. The highest BCUT2D eigenvalue weighted by Gasteiger charge is 2.31. The standard InChI is InChI=1S/C25H24F2O3S/c1-15-11-21(31-14-15)17-8-5-7-16(12-17)18(13-22(28)30-25(2,3)4)24(29)23-19(26)9-6-10-20(23)27/h5-12,14,18H,13H2,1-4H3. The molecule has 6 heteroatoms. The molecule has 1 heterocycles. The maximum absolute atomic E-state index is 14.4. The van der Waals surface area contributed by atoms with Crippen molar-refractivity contribution >= 4 is 23.1 Å². The van der Waals surface area contributed by atoms with Gasteiger partial charge in [-0.05, 0) is 74.0 Å². The molecular formula is C25H24F2O3S.